The van der Waals surface area contributed by atoms with E-state index in [0.29, 0.717) is 36.9 Å². The zero-order valence-corrected chi connectivity index (χ0v) is 14.6. The van der Waals surface area contributed by atoms with E-state index in [0.717, 1.165) is 5.56 Å². The average Bonchev–Trinajstić information content (AvgIpc) is 2.61. The van der Waals surface area contributed by atoms with E-state index in [-0.39, 0.29) is 11.8 Å². The molecule has 0 aliphatic carbocycles. The molecule has 140 valence electrons. The normalized spacial score (nSPS) is 10.5. The summed E-state index contributed by atoms with van der Waals surface area (Å²) in [6.07, 6.45) is 0.573. The smallest absolute Gasteiger partial charge is 0.387 e. The molecule has 2 N–H and O–H groups in total. The van der Waals surface area contributed by atoms with Gasteiger partial charge >= 0.3 is 12.6 Å². The van der Waals surface area contributed by atoms with Crippen LogP contribution in [-0.4, -0.2) is 32.3 Å². The van der Waals surface area contributed by atoms with Crippen LogP contribution < -0.4 is 20.1 Å². The molecule has 0 aromatic heterocycles. The minimum atomic E-state index is -2.84. The molecule has 0 saturated carbocycles. The van der Waals surface area contributed by atoms with Crippen LogP contribution in [0.5, 0.6) is 11.5 Å². The lowest BCUT2D eigenvalue weighted by Crippen LogP contribution is -2.38. The van der Waals surface area contributed by atoms with Gasteiger partial charge < -0.3 is 20.1 Å². The van der Waals surface area contributed by atoms with Crippen LogP contribution in [0.4, 0.5) is 13.6 Å². The molecule has 0 atom stereocenters. The van der Waals surface area contributed by atoms with Crippen molar-refractivity contribution in [2.45, 2.75) is 13.0 Å². The van der Waals surface area contributed by atoms with Crippen molar-refractivity contribution in [3.8, 4) is 11.5 Å². The summed E-state index contributed by atoms with van der Waals surface area (Å²) in [6.45, 7) is -1.73. The van der Waals surface area contributed by atoms with Gasteiger partial charge in [-0.1, -0.05) is 23.7 Å². The van der Waals surface area contributed by atoms with E-state index in [1.165, 1.54) is 12.1 Å². The highest BCUT2D eigenvalue weighted by Gasteiger charge is 2.04. The minimum Gasteiger partial charge on any atom is -0.492 e. The van der Waals surface area contributed by atoms with Gasteiger partial charge in [0.1, 0.15) is 18.1 Å². The van der Waals surface area contributed by atoms with Gasteiger partial charge in [0.15, 0.2) is 0 Å². The second kappa shape index (κ2) is 10.5. The van der Waals surface area contributed by atoms with Gasteiger partial charge in [-0.3, -0.25) is 0 Å². The first-order valence-electron chi connectivity index (χ1n) is 7.97. The molecule has 5 nitrogen and oxygen atoms in total. The molecule has 0 fully saturated rings. The first-order valence-corrected chi connectivity index (χ1v) is 8.34. The number of carbonyl (C=O) groups is 1. The summed E-state index contributed by atoms with van der Waals surface area (Å²) in [5.41, 5.74) is 0.901. The van der Waals surface area contributed by atoms with E-state index in [4.69, 9.17) is 16.3 Å². The lowest BCUT2D eigenvalue weighted by Gasteiger charge is -2.09. The largest absolute Gasteiger partial charge is 0.492 e. The molecule has 0 spiro atoms. The number of ether oxygens (including phenoxy) is 2. The summed E-state index contributed by atoms with van der Waals surface area (Å²) in [5.74, 6) is 0.783. The number of carbonyl (C=O) groups excluding carboxylic acids is 1. The fraction of sp³-hybridized carbons (Fsp3) is 0.278. The second-order valence-electron chi connectivity index (χ2n) is 5.26. The third-order valence-electron chi connectivity index (χ3n) is 3.32. The molecule has 0 saturated heterocycles. The monoisotopic (exact) mass is 384 g/mol. The maximum atomic E-state index is 12.1. The lowest BCUT2D eigenvalue weighted by molar-refractivity contribution is -0.0498. The SMILES string of the molecule is O=C(NCCOc1ccc(Cl)cc1)NCCc1ccc(OC(F)F)cc1. The molecule has 2 amide bonds. The Labute approximate surface area is 155 Å². The number of benzene rings is 2. The van der Waals surface area contributed by atoms with Crippen molar-refractivity contribution in [3.63, 3.8) is 0 Å². The van der Waals surface area contributed by atoms with Crippen LogP contribution in [0.1, 0.15) is 5.56 Å². The van der Waals surface area contributed by atoms with Crippen molar-refractivity contribution in [2.75, 3.05) is 19.7 Å². The van der Waals surface area contributed by atoms with Crippen LogP contribution in [0.2, 0.25) is 5.02 Å². The van der Waals surface area contributed by atoms with Crippen LogP contribution in [0.25, 0.3) is 0 Å². The Kier molecular flexibility index (Phi) is 7.95. The number of nitrogens with one attached hydrogen (secondary N) is 2. The van der Waals surface area contributed by atoms with Crippen LogP contribution in [0, 0.1) is 0 Å². The number of hydrogen-bond donors (Lipinski definition) is 2. The predicted molar refractivity (Wildman–Crippen MR) is 95.1 cm³/mol. The third kappa shape index (κ3) is 7.57. The van der Waals surface area contributed by atoms with Gasteiger partial charge in [0.25, 0.3) is 0 Å². The molecule has 26 heavy (non-hydrogen) atoms. The molecule has 0 aliphatic heterocycles. The van der Waals surface area contributed by atoms with Gasteiger partial charge in [-0.25, -0.2) is 4.79 Å². The topological polar surface area (TPSA) is 59.6 Å². The molecular weight excluding hydrogens is 366 g/mol. The number of halogens is 3. The van der Waals surface area contributed by atoms with Crippen molar-refractivity contribution in [2.24, 2.45) is 0 Å². The van der Waals surface area contributed by atoms with E-state index in [1.807, 2.05) is 0 Å². The maximum absolute atomic E-state index is 12.1. The van der Waals surface area contributed by atoms with E-state index >= 15 is 0 Å². The molecule has 2 aromatic rings. The van der Waals surface area contributed by atoms with Crippen molar-refractivity contribution in [1.82, 2.24) is 10.6 Å². The molecule has 0 radical (unpaired) electrons. The lowest BCUT2D eigenvalue weighted by atomic mass is 10.1. The standard InChI is InChI=1S/C18H19ClF2N2O3/c19-14-3-7-15(8-4-14)25-12-11-23-18(24)22-10-9-13-1-5-16(6-2-13)26-17(20)21/h1-8,17H,9-12H2,(H2,22,23,24). The summed E-state index contributed by atoms with van der Waals surface area (Å²) >= 11 is 5.78. The Morgan fingerprint density at radius 2 is 1.58 bits per heavy atom. The number of urea groups is 1. The van der Waals surface area contributed by atoms with E-state index in [2.05, 4.69) is 15.4 Å². The van der Waals surface area contributed by atoms with Gasteiger partial charge in [0.2, 0.25) is 0 Å². The zero-order chi connectivity index (χ0) is 18.8. The van der Waals surface area contributed by atoms with Crippen LogP contribution in [0.15, 0.2) is 48.5 Å². The molecular formula is C18H19ClF2N2O3. The minimum absolute atomic E-state index is 0.107. The van der Waals surface area contributed by atoms with Gasteiger partial charge in [-0.05, 0) is 48.4 Å². The molecule has 0 bridgehead atoms. The highest BCUT2D eigenvalue weighted by Crippen LogP contribution is 2.15. The van der Waals surface area contributed by atoms with E-state index in [9.17, 15) is 13.6 Å². The number of rotatable bonds is 9. The Morgan fingerprint density at radius 1 is 0.962 bits per heavy atom. The van der Waals surface area contributed by atoms with Crippen LogP contribution in [-0.2, 0) is 6.42 Å². The quantitative estimate of drug-likeness (QED) is 0.645. The average molecular weight is 385 g/mol. The van der Waals surface area contributed by atoms with E-state index in [1.54, 1.807) is 36.4 Å². The molecule has 0 heterocycles. The van der Waals surface area contributed by atoms with Gasteiger partial charge in [0.05, 0.1) is 6.54 Å². The Hall–Kier alpha value is -2.54. The summed E-state index contributed by atoms with van der Waals surface area (Å²) in [7, 11) is 0. The number of amides is 2. The first-order chi connectivity index (χ1) is 12.5. The maximum Gasteiger partial charge on any atom is 0.387 e. The third-order valence-corrected chi connectivity index (χ3v) is 3.57. The van der Waals surface area contributed by atoms with Gasteiger partial charge in [-0.15, -0.1) is 0 Å². The Balaban J connectivity index is 1.57. The molecule has 2 rings (SSSR count). The summed E-state index contributed by atoms with van der Waals surface area (Å²) in [5, 5.41) is 6.02. The first kappa shape index (κ1) is 19.8. The molecule has 0 unspecified atom stereocenters. The van der Waals surface area contributed by atoms with Crippen molar-refractivity contribution >= 4 is 17.6 Å². The molecule has 0 aliphatic rings. The number of hydrogen-bond acceptors (Lipinski definition) is 3. The zero-order valence-electron chi connectivity index (χ0n) is 13.9. The van der Waals surface area contributed by atoms with Gasteiger partial charge in [-0.2, -0.15) is 8.78 Å². The summed E-state index contributed by atoms with van der Waals surface area (Å²) in [6, 6.07) is 12.9. The van der Waals surface area contributed by atoms with E-state index < -0.39 is 6.61 Å². The fourth-order valence-electron chi connectivity index (χ4n) is 2.08. The van der Waals surface area contributed by atoms with Crippen LogP contribution >= 0.6 is 11.6 Å². The Bertz CT molecular complexity index is 682. The molecule has 2 aromatic carbocycles. The second-order valence-corrected chi connectivity index (χ2v) is 5.69. The number of alkyl halides is 2. The van der Waals surface area contributed by atoms with Crippen LogP contribution in [0.3, 0.4) is 0 Å². The highest BCUT2D eigenvalue weighted by atomic mass is 35.5. The summed E-state index contributed by atoms with van der Waals surface area (Å²) in [4.78, 5) is 11.7. The van der Waals surface area contributed by atoms with Gasteiger partial charge in [0, 0.05) is 11.6 Å². The Morgan fingerprint density at radius 3 is 2.23 bits per heavy atom. The molecule has 8 heteroatoms. The summed E-state index contributed by atoms with van der Waals surface area (Å²) < 4.78 is 33.9. The van der Waals surface area contributed by atoms with Crippen molar-refractivity contribution in [1.29, 1.82) is 0 Å². The highest BCUT2D eigenvalue weighted by molar-refractivity contribution is 6.30. The van der Waals surface area contributed by atoms with Crippen molar-refractivity contribution < 1.29 is 23.0 Å². The fourth-order valence-corrected chi connectivity index (χ4v) is 2.21. The van der Waals surface area contributed by atoms with Crippen molar-refractivity contribution in [3.05, 3.63) is 59.1 Å². The predicted octanol–water partition coefficient (Wildman–Crippen LogP) is 3.86.